The van der Waals surface area contributed by atoms with Crippen LogP contribution in [0.1, 0.15) is 17.8 Å². The number of amides is 1. The van der Waals surface area contributed by atoms with Gasteiger partial charge in [-0.1, -0.05) is 6.07 Å². The maximum Gasteiger partial charge on any atom is 0.260 e. The van der Waals surface area contributed by atoms with Gasteiger partial charge < -0.3 is 15.4 Å². The number of ether oxygens (including phenoxy) is 1. The van der Waals surface area contributed by atoms with Crippen LogP contribution in [0.5, 0.6) is 5.75 Å². The van der Waals surface area contributed by atoms with E-state index < -0.39 is 0 Å². The van der Waals surface area contributed by atoms with Crippen molar-refractivity contribution in [2.75, 3.05) is 19.4 Å². The molecule has 0 saturated carbocycles. The topological polar surface area (TPSA) is 55.6 Å². The molecule has 106 valence electrons. The summed E-state index contributed by atoms with van der Waals surface area (Å²) in [6.07, 6.45) is 0. The van der Waals surface area contributed by atoms with Gasteiger partial charge in [-0.25, -0.2) is 0 Å². The lowest BCUT2D eigenvalue weighted by atomic mass is 10.2. The molecule has 2 aromatic rings. The molecule has 1 amide bonds. The number of nitrogens with zero attached hydrogens (tertiary/aromatic N) is 1. The highest BCUT2D eigenvalue weighted by Crippen LogP contribution is 2.23. The van der Waals surface area contributed by atoms with E-state index in [0.29, 0.717) is 11.4 Å². The first-order valence-corrected chi connectivity index (χ1v) is 7.23. The number of rotatable bonds is 5. The van der Waals surface area contributed by atoms with Crippen molar-refractivity contribution in [2.45, 2.75) is 13.0 Å². The number of hydrogen-bond acceptors (Lipinski definition) is 4. The minimum Gasteiger partial charge on any atom is -0.484 e. The second-order valence-electron chi connectivity index (χ2n) is 4.55. The predicted octanol–water partition coefficient (Wildman–Crippen LogP) is 2.93. The number of carbonyl (C=O) groups excluding carboxylic acids is 1. The monoisotopic (exact) mass is 290 g/mol. The van der Waals surface area contributed by atoms with Crippen molar-refractivity contribution in [3.05, 3.63) is 46.7 Å². The summed E-state index contributed by atoms with van der Waals surface area (Å²) in [5.41, 5.74) is 6.27. The van der Waals surface area contributed by atoms with Gasteiger partial charge >= 0.3 is 0 Å². The number of nitrogens with two attached hydrogens (primary N) is 1. The van der Waals surface area contributed by atoms with Gasteiger partial charge in [0.15, 0.2) is 6.61 Å². The van der Waals surface area contributed by atoms with Gasteiger partial charge in [0, 0.05) is 17.6 Å². The maximum atomic E-state index is 12.1. The Morgan fingerprint density at radius 2 is 2.05 bits per heavy atom. The first-order chi connectivity index (χ1) is 9.58. The van der Waals surface area contributed by atoms with Crippen molar-refractivity contribution < 1.29 is 9.53 Å². The average molecular weight is 290 g/mol. The third kappa shape index (κ3) is 3.51. The van der Waals surface area contributed by atoms with E-state index in [4.69, 9.17) is 10.5 Å². The SMILES string of the molecule is CC(c1cccs1)N(C)C(=O)COc1ccc(N)cc1. The van der Waals surface area contributed by atoms with Gasteiger partial charge in [-0.2, -0.15) is 0 Å². The fourth-order valence-electron chi connectivity index (χ4n) is 1.75. The van der Waals surface area contributed by atoms with E-state index in [1.807, 2.05) is 24.4 Å². The largest absolute Gasteiger partial charge is 0.484 e. The first kappa shape index (κ1) is 14.4. The highest BCUT2D eigenvalue weighted by Gasteiger charge is 2.18. The van der Waals surface area contributed by atoms with E-state index in [-0.39, 0.29) is 18.6 Å². The highest BCUT2D eigenvalue weighted by molar-refractivity contribution is 7.10. The van der Waals surface area contributed by atoms with Crippen LogP contribution < -0.4 is 10.5 Å². The Morgan fingerprint density at radius 3 is 2.65 bits per heavy atom. The molecule has 1 unspecified atom stereocenters. The summed E-state index contributed by atoms with van der Waals surface area (Å²) < 4.78 is 5.47. The van der Waals surface area contributed by atoms with Crippen LogP contribution in [-0.2, 0) is 4.79 Å². The molecule has 20 heavy (non-hydrogen) atoms. The fraction of sp³-hybridized carbons (Fsp3) is 0.267. The van der Waals surface area contributed by atoms with Crippen molar-refractivity contribution in [1.82, 2.24) is 4.90 Å². The maximum absolute atomic E-state index is 12.1. The molecular formula is C15H18N2O2S. The third-order valence-corrected chi connectivity index (χ3v) is 4.21. The van der Waals surface area contributed by atoms with Crippen molar-refractivity contribution in [2.24, 2.45) is 0 Å². The van der Waals surface area contributed by atoms with E-state index in [0.717, 1.165) is 4.88 Å². The van der Waals surface area contributed by atoms with Crippen molar-refractivity contribution in [1.29, 1.82) is 0 Å². The lowest BCUT2D eigenvalue weighted by Gasteiger charge is -2.24. The lowest BCUT2D eigenvalue weighted by molar-refractivity contribution is -0.133. The number of nitrogen functional groups attached to an aromatic ring is 1. The molecule has 0 aliphatic rings. The Morgan fingerprint density at radius 1 is 1.35 bits per heavy atom. The molecule has 0 saturated heterocycles. The minimum atomic E-state index is -0.0530. The van der Waals surface area contributed by atoms with Gasteiger partial charge in [-0.3, -0.25) is 4.79 Å². The zero-order valence-electron chi connectivity index (χ0n) is 11.6. The van der Waals surface area contributed by atoms with Gasteiger partial charge in [0.05, 0.1) is 6.04 Å². The minimum absolute atomic E-state index is 0.0239. The highest BCUT2D eigenvalue weighted by atomic mass is 32.1. The number of anilines is 1. The van der Waals surface area contributed by atoms with Crippen molar-refractivity contribution >= 4 is 22.9 Å². The predicted molar refractivity (Wildman–Crippen MR) is 81.9 cm³/mol. The van der Waals surface area contributed by atoms with Gasteiger partial charge in [0.25, 0.3) is 5.91 Å². The van der Waals surface area contributed by atoms with Crippen LogP contribution in [0.15, 0.2) is 41.8 Å². The van der Waals surface area contributed by atoms with Crippen LogP contribution in [0.4, 0.5) is 5.69 Å². The molecule has 0 aliphatic carbocycles. The van der Waals surface area contributed by atoms with Crippen LogP contribution in [0, 0.1) is 0 Å². The zero-order chi connectivity index (χ0) is 14.5. The first-order valence-electron chi connectivity index (χ1n) is 6.35. The number of hydrogen-bond donors (Lipinski definition) is 1. The van der Waals surface area contributed by atoms with Crippen molar-refractivity contribution in [3.63, 3.8) is 0 Å². The number of carbonyl (C=O) groups is 1. The normalized spacial score (nSPS) is 11.9. The van der Waals surface area contributed by atoms with Gasteiger partial charge in [0.2, 0.25) is 0 Å². The Labute approximate surface area is 122 Å². The molecule has 0 fully saturated rings. The van der Waals surface area contributed by atoms with Crippen LogP contribution >= 0.6 is 11.3 Å². The summed E-state index contributed by atoms with van der Waals surface area (Å²) in [6.45, 7) is 2.03. The standard InChI is InChI=1S/C15H18N2O2S/c1-11(14-4-3-9-20-14)17(2)15(18)10-19-13-7-5-12(16)6-8-13/h3-9,11H,10,16H2,1-2H3. The van der Waals surface area contributed by atoms with Crippen LogP contribution in [0.3, 0.4) is 0 Å². The molecule has 1 heterocycles. The number of likely N-dealkylation sites (N-methyl/N-ethyl adjacent to an activating group) is 1. The Hall–Kier alpha value is -2.01. The molecule has 0 spiro atoms. The summed E-state index contributed by atoms with van der Waals surface area (Å²) in [5, 5.41) is 2.01. The zero-order valence-corrected chi connectivity index (χ0v) is 12.4. The quantitative estimate of drug-likeness (QED) is 0.861. The average Bonchev–Trinajstić information content (AvgIpc) is 2.99. The van der Waals surface area contributed by atoms with Crippen LogP contribution in [0.25, 0.3) is 0 Å². The molecule has 2 N–H and O–H groups in total. The molecule has 2 rings (SSSR count). The Balaban J connectivity index is 1.89. The van der Waals surface area contributed by atoms with E-state index in [1.165, 1.54) is 0 Å². The fourth-order valence-corrected chi connectivity index (χ4v) is 2.57. The molecule has 0 bridgehead atoms. The molecular weight excluding hydrogens is 272 g/mol. The third-order valence-electron chi connectivity index (χ3n) is 3.17. The molecule has 1 aromatic heterocycles. The summed E-state index contributed by atoms with van der Waals surface area (Å²) in [7, 11) is 1.79. The molecule has 0 aliphatic heterocycles. The second-order valence-corrected chi connectivity index (χ2v) is 5.53. The van der Waals surface area contributed by atoms with Gasteiger partial charge in [-0.15, -0.1) is 11.3 Å². The van der Waals surface area contributed by atoms with Crippen molar-refractivity contribution in [3.8, 4) is 5.75 Å². The molecule has 5 heteroatoms. The molecule has 4 nitrogen and oxygen atoms in total. The summed E-state index contributed by atoms with van der Waals surface area (Å²) in [5.74, 6) is 0.590. The summed E-state index contributed by atoms with van der Waals surface area (Å²) in [4.78, 5) is 15.0. The van der Waals surface area contributed by atoms with E-state index in [2.05, 4.69) is 0 Å². The van der Waals surface area contributed by atoms with E-state index in [9.17, 15) is 4.79 Å². The second kappa shape index (κ2) is 6.43. The summed E-state index contributed by atoms with van der Waals surface area (Å²) in [6, 6.07) is 11.1. The Kier molecular flexibility index (Phi) is 4.63. The molecule has 0 radical (unpaired) electrons. The molecule has 1 aromatic carbocycles. The summed E-state index contributed by atoms with van der Waals surface area (Å²) >= 11 is 1.64. The van der Waals surface area contributed by atoms with Crippen LogP contribution in [-0.4, -0.2) is 24.5 Å². The van der Waals surface area contributed by atoms with Gasteiger partial charge in [0.1, 0.15) is 5.75 Å². The number of benzene rings is 1. The smallest absolute Gasteiger partial charge is 0.260 e. The van der Waals surface area contributed by atoms with E-state index in [1.54, 1.807) is 47.5 Å². The van der Waals surface area contributed by atoms with E-state index >= 15 is 0 Å². The van der Waals surface area contributed by atoms with Gasteiger partial charge in [-0.05, 0) is 42.6 Å². The number of thiophene rings is 1. The Bertz CT molecular complexity index is 552. The lowest BCUT2D eigenvalue weighted by Crippen LogP contribution is -2.33. The molecule has 1 atom stereocenters. The van der Waals surface area contributed by atoms with Crippen LogP contribution in [0.2, 0.25) is 0 Å².